The van der Waals surface area contributed by atoms with E-state index in [0.717, 1.165) is 34.4 Å². The highest BCUT2D eigenvalue weighted by molar-refractivity contribution is 5.96. The summed E-state index contributed by atoms with van der Waals surface area (Å²) in [6, 6.07) is 23.3. The number of nitrogens with two attached hydrogens (primary N) is 1. The van der Waals surface area contributed by atoms with Gasteiger partial charge in [-0.2, -0.15) is 0 Å². The van der Waals surface area contributed by atoms with Crippen LogP contribution in [0.3, 0.4) is 0 Å². The zero-order valence-corrected chi connectivity index (χ0v) is 25.4. The Morgan fingerprint density at radius 3 is 2.43 bits per heavy atom. The summed E-state index contributed by atoms with van der Waals surface area (Å²) in [4.78, 5) is 12.9. The van der Waals surface area contributed by atoms with Gasteiger partial charge in [0.25, 0.3) is 5.91 Å². The van der Waals surface area contributed by atoms with Crippen molar-refractivity contribution in [2.45, 2.75) is 32.2 Å². The number of rotatable bonds is 8. The number of phenols is 1. The molecule has 6 N–H and O–H groups in total. The van der Waals surface area contributed by atoms with Crippen molar-refractivity contribution in [1.29, 1.82) is 5.41 Å². The lowest BCUT2D eigenvalue weighted by Gasteiger charge is -2.39. The third-order valence-electron chi connectivity index (χ3n) is 8.82. The van der Waals surface area contributed by atoms with Crippen molar-refractivity contribution < 1.29 is 19.4 Å². The fraction of sp³-hybridized carbons (Fsp3) is 0.278. The van der Waals surface area contributed by atoms with Crippen LogP contribution >= 0.6 is 0 Å². The molecule has 0 radical (unpaired) electrons. The standard InChI is InChI=1S/C36H38N4O4/c1-19(2)18-39-36(42)22-9-11-24(31(15-22)43-3)25-16-30(41)32(44-4)17-26(25)34-28-13-20-7-5-6-8-23(20)33(28)27-14-21(35(37)38)10-12-29(27)40-34/h5-12,14-17,19,28,33-34,40-41H,13,18H2,1-4H3,(H3,37,38)(H,39,42). The van der Waals surface area contributed by atoms with Gasteiger partial charge in [0.05, 0.1) is 20.3 Å². The summed E-state index contributed by atoms with van der Waals surface area (Å²) < 4.78 is 11.4. The molecule has 3 unspecified atom stereocenters. The van der Waals surface area contributed by atoms with Crippen LogP contribution < -0.4 is 25.8 Å². The fourth-order valence-corrected chi connectivity index (χ4v) is 6.73. The maximum atomic E-state index is 12.9. The Bertz CT molecular complexity index is 1770. The minimum atomic E-state index is -0.164. The predicted octanol–water partition coefficient (Wildman–Crippen LogP) is 6.22. The van der Waals surface area contributed by atoms with E-state index >= 15 is 0 Å². The first-order chi connectivity index (χ1) is 21.2. The van der Waals surface area contributed by atoms with Crippen molar-refractivity contribution in [3.8, 4) is 28.4 Å². The molecule has 1 aliphatic carbocycles. The van der Waals surface area contributed by atoms with Crippen molar-refractivity contribution in [3.05, 3.63) is 106 Å². The van der Waals surface area contributed by atoms with E-state index in [9.17, 15) is 9.90 Å². The summed E-state index contributed by atoms with van der Waals surface area (Å²) in [6.07, 6.45) is 0.844. The highest BCUT2D eigenvalue weighted by Crippen LogP contribution is 2.56. The Morgan fingerprint density at radius 2 is 1.70 bits per heavy atom. The lowest BCUT2D eigenvalue weighted by Crippen LogP contribution is -2.31. The van der Waals surface area contributed by atoms with Crippen LogP contribution in [0.15, 0.2) is 72.8 Å². The minimum Gasteiger partial charge on any atom is -0.504 e. The topological polar surface area (TPSA) is 130 Å². The number of ether oxygens (including phenoxy) is 2. The number of amides is 1. The average Bonchev–Trinajstić information content (AvgIpc) is 3.42. The van der Waals surface area contributed by atoms with Crippen LogP contribution in [0.25, 0.3) is 11.1 Å². The number of phenolic OH excluding ortho intramolecular Hbond substituents is 1. The minimum absolute atomic E-state index is 0.0145. The Labute approximate surface area is 257 Å². The van der Waals surface area contributed by atoms with Gasteiger partial charge in [0.2, 0.25) is 0 Å². The molecular formula is C36H38N4O4. The molecule has 4 aromatic rings. The van der Waals surface area contributed by atoms with E-state index in [1.807, 2.05) is 30.3 Å². The molecule has 1 amide bonds. The van der Waals surface area contributed by atoms with Crippen LogP contribution in [0.2, 0.25) is 0 Å². The maximum absolute atomic E-state index is 12.9. The van der Waals surface area contributed by atoms with Gasteiger partial charge in [0.15, 0.2) is 11.5 Å². The smallest absolute Gasteiger partial charge is 0.251 e. The Morgan fingerprint density at radius 1 is 0.955 bits per heavy atom. The molecule has 0 aromatic heterocycles. The van der Waals surface area contributed by atoms with E-state index in [-0.39, 0.29) is 35.4 Å². The number of hydrogen-bond acceptors (Lipinski definition) is 6. The molecule has 0 fully saturated rings. The van der Waals surface area contributed by atoms with E-state index in [0.29, 0.717) is 35.1 Å². The Balaban J connectivity index is 1.50. The van der Waals surface area contributed by atoms with Crippen molar-refractivity contribution in [2.24, 2.45) is 17.6 Å². The van der Waals surface area contributed by atoms with Gasteiger partial charge < -0.3 is 30.9 Å². The normalized spacial score (nSPS) is 18.1. The summed E-state index contributed by atoms with van der Waals surface area (Å²) in [7, 11) is 3.13. The number of amidine groups is 1. The predicted molar refractivity (Wildman–Crippen MR) is 173 cm³/mol. The first-order valence-electron chi connectivity index (χ1n) is 14.9. The SMILES string of the molecule is COc1cc(C2Nc3ccc(C(=N)N)cc3C3c4ccccc4CC23)c(-c2ccc(C(=O)NCC(C)C)cc2OC)cc1O. The molecule has 8 nitrogen and oxygen atoms in total. The molecule has 0 saturated heterocycles. The Kier molecular flexibility index (Phi) is 7.67. The van der Waals surface area contributed by atoms with Gasteiger partial charge in [-0.1, -0.05) is 38.1 Å². The first-order valence-corrected chi connectivity index (χ1v) is 14.9. The second-order valence-electron chi connectivity index (χ2n) is 12.0. The molecule has 4 aromatic carbocycles. The van der Waals surface area contributed by atoms with Crippen LogP contribution in [0.5, 0.6) is 17.2 Å². The zero-order chi connectivity index (χ0) is 31.1. The second kappa shape index (κ2) is 11.6. The van der Waals surface area contributed by atoms with E-state index in [4.69, 9.17) is 20.6 Å². The van der Waals surface area contributed by atoms with Gasteiger partial charge in [0.1, 0.15) is 11.6 Å². The summed E-state index contributed by atoms with van der Waals surface area (Å²) in [5, 5.41) is 25.8. The van der Waals surface area contributed by atoms with Crippen molar-refractivity contribution in [1.82, 2.24) is 5.32 Å². The van der Waals surface area contributed by atoms with Gasteiger partial charge in [-0.05, 0) is 94.6 Å². The molecule has 1 heterocycles. The molecule has 8 heteroatoms. The van der Waals surface area contributed by atoms with Crippen LogP contribution in [0, 0.1) is 17.2 Å². The van der Waals surface area contributed by atoms with Crippen LogP contribution in [0.1, 0.15) is 64.0 Å². The summed E-state index contributed by atoms with van der Waals surface area (Å²) in [5.41, 5.74) is 14.2. The molecule has 44 heavy (non-hydrogen) atoms. The third-order valence-corrected chi connectivity index (χ3v) is 8.82. The molecular weight excluding hydrogens is 552 g/mol. The molecule has 2 aliphatic rings. The number of anilines is 1. The van der Waals surface area contributed by atoms with Crippen molar-refractivity contribution in [2.75, 3.05) is 26.1 Å². The van der Waals surface area contributed by atoms with Crippen LogP contribution in [-0.4, -0.2) is 37.6 Å². The summed E-state index contributed by atoms with van der Waals surface area (Å²) >= 11 is 0. The van der Waals surface area contributed by atoms with Crippen LogP contribution in [-0.2, 0) is 6.42 Å². The number of benzene rings is 4. The lowest BCUT2D eigenvalue weighted by atomic mass is 9.74. The van der Waals surface area contributed by atoms with Gasteiger partial charge in [-0.3, -0.25) is 10.2 Å². The number of hydrogen-bond donors (Lipinski definition) is 5. The van der Waals surface area contributed by atoms with Gasteiger partial charge in [-0.15, -0.1) is 0 Å². The van der Waals surface area contributed by atoms with Gasteiger partial charge in [-0.25, -0.2) is 0 Å². The first kappa shape index (κ1) is 29.1. The molecule has 0 bridgehead atoms. The second-order valence-corrected chi connectivity index (χ2v) is 12.0. The van der Waals surface area contributed by atoms with E-state index in [1.165, 1.54) is 11.1 Å². The number of methoxy groups -OCH3 is 2. The molecule has 3 atom stereocenters. The van der Waals surface area contributed by atoms with Gasteiger partial charge >= 0.3 is 0 Å². The van der Waals surface area contributed by atoms with E-state index in [2.05, 4.69) is 48.7 Å². The highest BCUT2D eigenvalue weighted by Gasteiger charge is 2.44. The molecule has 0 saturated carbocycles. The fourth-order valence-electron chi connectivity index (χ4n) is 6.73. The quantitative estimate of drug-likeness (QED) is 0.122. The van der Waals surface area contributed by atoms with Crippen molar-refractivity contribution >= 4 is 17.4 Å². The lowest BCUT2D eigenvalue weighted by molar-refractivity contribution is 0.0948. The third kappa shape index (κ3) is 5.10. The summed E-state index contributed by atoms with van der Waals surface area (Å²) in [5.74, 6) is 1.33. The Hall–Kier alpha value is -4.98. The van der Waals surface area contributed by atoms with Crippen LogP contribution in [0.4, 0.5) is 5.69 Å². The molecule has 0 spiro atoms. The number of nitrogens with one attached hydrogen (secondary N) is 3. The molecule has 6 rings (SSSR count). The largest absolute Gasteiger partial charge is 0.504 e. The average molecular weight is 591 g/mol. The van der Waals surface area contributed by atoms with E-state index < -0.39 is 0 Å². The maximum Gasteiger partial charge on any atom is 0.251 e. The van der Waals surface area contributed by atoms with E-state index in [1.54, 1.807) is 32.4 Å². The summed E-state index contributed by atoms with van der Waals surface area (Å²) in [6.45, 7) is 4.68. The highest BCUT2D eigenvalue weighted by atomic mass is 16.5. The number of aromatic hydroxyl groups is 1. The number of carbonyl (C=O) groups excluding carboxylic acids is 1. The number of fused-ring (bicyclic) bond motifs is 5. The number of carbonyl (C=O) groups is 1. The zero-order valence-electron chi connectivity index (χ0n) is 25.4. The monoisotopic (exact) mass is 590 g/mol. The molecule has 226 valence electrons. The van der Waals surface area contributed by atoms with Gasteiger partial charge in [0, 0.05) is 34.8 Å². The number of nitrogen functional groups attached to an aromatic ring is 1. The van der Waals surface area contributed by atoms with Crippen molar-refractivity contribution in [3.63, 3.8) is 0 Å². The molecule has 1 aliphatic heterocycles.